The molecule has 0 aliphatic carbocycles. The predicted octanol–water partition coefficient (Wildman–Crippen LogP) is 5.75. The first kappa shape index (κ1) is 24.0. The Bertz CT molecular complexity index is 1560. The number of fused-ring (bicyclic) bond motifs is 1. The number of nitrogens with one attached hydrogen (secondary N) is 1. The van der Waals surface area contributed by atoms with Crippen molar-refractivity contribution >= 4 is 28.2 Å². The summed E-state index contributed by atoms with van der Waals surface area (Å²) in [6, 6.07) is 15.0. The van der Waals surface area contributed by atoms with Crippen LogP contribution in [0.1, 0.15) is 19.4 Å². The second-order valence-corrected chi connectivity index (χ2v) is 8.19. The van der Waals surface area contributed by atoms with Crippen molar-refractivity contribution < 1.29 is 13.5 Å². The van der Waals surface area contributed by atoms with E-state index in [9.17, 15) is 8.78 Å². The van der Waals surface area contributed by atoms with Gasteiger partial charge < -0.3 is 4.74 Å². The van der Waals surface area contributed by atoms with Crippen LogP contribution in [0, 0.1) is 17.0 Å². The van der Waals surface area contributed by atoms with Crippen molar-refractivity contribution in [1.29, 1.82) is 5.41 Å². The van der Waals surface area contributed by atoms with Crippen LogP contribution in [0.5, 0.6) is 5.75 Å². The summed E-state index contributed by atoms with van der Waals surface area (Å²) in [5, 5.41) is 13.7. The second-order valence-electron chi connectivity index (χ2n) is 8.19. The monoisotopic (exact) mass is 499 g/mol. The molecule has 8 nitrogen and oxygen atoms in total. The number of para-hydroxylation sites is 1. The zero-order valence-corrected chi connectivity index (χ0v) is 20.2. The van der Waals surface area contributed by atoms with Gasteiger partial charge in [-0.2, -0.15) is 5.10 Å². The highest BCUT2D eigenvalue weighted by atomic mass is 19.1. The molecule has 0 bridgehead atoms. The van der Waals surface area contributed by atoms with E-state index in [1.165, 1.54) is 16.8 Å². The molecule has 186 valence electrons. The van der Waals surface area contributed by atoms with Crippen LogP contribution in [-0.4, -0.2) is 37.2 Å². The molecular weight excluding hydrogens is 476 g/mol. The third-order valence-electron chi connectivity index (χ3n) is 5.73. The number of benzene rings is 2. The van der Waals surface area contributed by atoms with Gasteiger partial charge in [-0.15, -0.1) is 0 Å². The Morgan fingerprint density at radius 2 is 1.76 bits per heavy atom. The van der Waals surface area contributed by atoms with Crippen LogP contribution in [0.2, 0.25) is 0 Å². The molecule has 3 heterocycles. The smallest absolute Gasteiger partial charge is 0.182 e. The van der Waals surface area contributed by atoms with E-state index in [2.05, 4.69) is 15.1 Å². The highest BCUT2D eigenvalue weighted by Crippen LogP contribution is 2.30. The van der Waals surface area contributed by atoms with Crippen molar-refractivity contribution in [1.82, 2.24) is 24.7 Å². The number of anilines is 2. The zero-order chi connectivity index (χ0) is 25.9. The first-order valence-corrected chi connectivity index (χ1v) is 11.6. The lowest BCUT2D eigenvalue weighted by Gasteiger charge is -2.22. The van der Waals surface area contributed by atoms with Gasteiger partial charge in [0.15, 0.2) is 5.82 Å². The minimum absolute atomic E-state index is 0.124. The molecule has 1 N–H and O–H groups in total. The summed E-state index contributed by atoms with van der Waals surface area (Å²) in [4.78, 5) is 14.8. The van der Waals surface area contributed by atoms with Crippen LogP contribution < -0.4 is 9.64 Å². The molecule has 0 atom stereocenters. The van der Waals surface area contributed by atoms with Gasteiger partial charge >= 0.3 is 0 Å². The van der Waals surface area contributed by atoms with E-state index in [1.807, 2.05) is 24.3 Å². The van der Waals surface area contributed by atoms with Crippen LogP contribution >= 0.6 is 0 Å². The lowest BCUT2D eigenvalue weighted by atomic mass is 10.1. The summed E-state index contributed by atoms with van der Waals surface area (Å²) < 4.78 is 36.4. The number of rotatable bonds is 7. The second kappa shape index (κ2) is 10.1. The first-order valence-electron chi connectivity index (χ1n) is 11.6. The lowest BCUT2D eigenvalue weighted by Crippen LogP contribution is -2.23. The van der Waals surface area contributed by atoms with Crippen molar-refractivity contribution in [2.24, 2.45) is 0 Å². The fourth-order valence-electron chi connectivity index (χ4n) is 4.12. The summed E-state index contributed by atoms with van der Waals surface area (Å²) in [6.45, 7) is 3.58. The van der Waals surface area contributed by atoms with Gasteiger partial charge in [-0.05, 0) is 38.1 Å². The highest BCUT2D eigenvalue weighted by molar-refractivity contribution is 6.00. The molecule has 0 radical (unpaired) electrons. The van der Waals surface area contributed by atoms with E-state index in [4.69, 9.17) is 15.1 Å². The Hall–Kier alpha value is -4.73. The van der Waals surface area contributed by atoms with Gasteiger partial charge in [-0.25, -0.2) is 18.7 Å². The van der Waals surface area contributed by atoms with Crippen molar-refractivity contribution in [3.05, 3.63) is 90.4 Å². The standard InChI is InChI=1S/C27H23F2N7O/c1-3-37-19-14-22(28)21(23(29)15-19)16-35-24-7-5-4-6-20(24)26(34-35)27-32-13-10-25(33-27)36(17(2)30)18-8-11-31-12-9-18/h4-15,30H,3,16H2,1-2H3. The maximum absolute atomic E-state index is 14.8. The molecule has 3 aromatic heterocycles. The summed E-state index contributed by atoms with van der Waals surface area (Å²) in [5.41, 5.74) is 1.74. The SMILES string of the molecule is CCOc1cc(F)c(Cn2nc(-c3nccc(N(C(C)=N)c4ccncc4)n3)c3ccccc32)c(F)c1. The fraction of sp³-hybridized carbons (Fsp3) is 0.148. The van der Waals surface area contributed by atoms with Crippen molar-refractivity contribution in [3.8, 4) is 17.3 Å². The quantitative estimate of drug-likeness (QED) is 0.226. The van der Waals surface area contributed by atoms with E-state index in [0.29, 0.717) is 29.5 Å². The minimum atomic E-state index is -0.711. The molecule has 2 aromatic carbocycles. The van der Waals surface area contributed by atoms with Crippen molar-refractivity contribution in [3.63, 3.8) is 0 Å². The molecule has 37 heavy (non-hydrogen) atoms. The number of pyridine rings is 1. The molecule has 0 aliphatic heterocycles. The number of aromatic nitrogens is 5. The average Bonchev–Trinajstić information content (AvgIpc) is 3.26. The largest absolute Gasteiger partial charge is 0.494 e. The fourth-order valence-corrected chi connectivity index (χ4v) is 4.12. The Morgan fingerprint density at radius 3 is 2.46 bits per heavy atom. The van der Waals surface area contributed by atoms with E-state index < -0.39 is 11.6 Å². The van der Waals surface area contributed by atoms with Crippen molar-refractivity contribution in [2.75, 3.05) is 11.5 Å². The van der Waals surface area contributed by atoms with Crippen molar-refractivity contribution in [2.45, 2.75) is 20.4 Å². The highest BCUT2D eigenvalue weighted by Gasteiger charge is 2.20. The molecule has 0 fully saturated rings. The van der Waals surface area contributed by atoms with Gasteiger partial charge in [0.05, 0.1) is 24.4 Å². The zero-order valence-electron chi connectivity index (χ0n) is 20.2. The van der Waals surface area contributed by atoms with Gasteiger partial charge in [0.2, 0.25) is 0 Å². The number of hydrogen-bond donors (Lipinski definition) is 1. The van der Waals surface area contributed by atoms with Gasteiger partial charge in [-0.3, -0.25) is 20.0 Å². The van der Waals surface area contributed by atoms with Gasteiger partial charge in [-0.1, -0.05) is 18.2 Å². The van der Waals surface area contributed by atoms with E-state index in [1.54, 1.807) is 55.5 Å². The molecule has 0 aliphatic rings. The molecular formula is C27H23F2N7O. The number of amidine groups is 1. The number of halogens is 2. The Labute approximate surface area is 211 Å². The van der Waals surface area contributed by atoms with E-state index >= 15 is 0 Å². The average molecular weight is 500 g/mol. The lowest BCUT2D eigenvalue weighted by molar-refractivity contribution is 0.335. The molecule has 0 amide bonds. The number of nitrogens with zero attached hydrogens (tertiary/aromatic N) is 6. The van der Waals surface area contributed by atoms with Crippen LogP contribution in [0.3, 0.4) is 0 Å². The first-order chi connectivity index (χ1) is 18.0. The maximum atomic E-state index is 14.8. The third-order valence-corrected chi connectivity index (χ3v) is 5.73. The molecule has 0 saturated carbocycles. The third kappa shape index (κ3) is 4.73. The molecule has 0 saturated heterocycles. The Balaban J connectivity index is 1.58. The van der Waals surface area contributed by atoms with Gasteiger partial charge in [0.25, 0.3) is 0 Å². The molecule has 10 heteroatoms. The maximum Gasteiger partial charge on any atom is 0.182 e. The summed E-state index contributed by atoms with van der Waals surface area (Å²) in [5.74, 6) is -0.230. The molecule has 5 rings (SSSR count). The van der Waals surface area contributed by atoms with Crippen LogP contribution in [0.25, 0.3) is 22.4 Å². The topological polar surface area (TPSA) is 92.8 Å². The summed E-state index contributed by atoms with van der Waals surface area (Å²) in [6.07, 6.45) is 4.87. The summed E-state index contributed by atoms with van der Waals surface area (Å²) >= 11 is 0. The molecule has 5 aromatic rings. The predicted molar refractivity (Wildman–Crippen MR) is 137 cm³/mol. The normalized spacial score (nSPS) is 11.0. The molecule has 0 spiro atoms. The Kier molecular flexibility index (Phi) is 6.55. The molecule has 0 unspecified atom stereocenters. The van der Waals surface area contributed by atoms with Gasteiger partial charge in [0, 0.05) is 41.7 Å². The van der Waals surface area contributed by atoms with Gasteiger partial charge in [0.1, 0.15) is 34.7 Å². The van der Waals surface area contributed by atoms with E-state index in [0.717, 1.165) is 11.1 Å². The van der Waals surface area contributed by atoms with Crippen LogP contribution in [0.4, 0.5) is 20.3 Å². The Morgan fingerprint density at radius 1 is 1.03 bits per heavy atom. The number of ether oxygens (including phenoxy) is 1. The van der Waals surface area contributed by atoms with Crippen LogP contribution in [0.15, 0.2) is 73.2 Å². The van der Waals surface area contributed by atoms with Crippen LogP contribution in [-0.2, 0) is 6.54 Å². The minimum Gasteiger partial charge on any atom is -0.494 e. The summed E-state index contributed by atoms with van der Waals surface area (Å²) in [7, 11) is 0. The number of hydrogen-bond acceptors (Lipinski definition) is 6. The van der Waals surface area contributed by atoms with E-state index in [-0.39, 0.29) is 23.7 Å².